The van der Waals surface area contributed by atoms with Gasteiger partial charge in [-0.2, -0.15) is 4.98 Å². The van der Waals surface area contributed by atoms with Crippen molar-refractivity contribution in [1.82, 2.24) is 10.1 Å². The number of ether oxygens (including phenoxy) is 1. The molecule has 1 atom stereocenters. The van der Waals surface area contributed by atoms with Crippen molar-refractivity contribution < 1.29 is 9.26 Å². The summed E-state index contributed by atoms with van der Waals surface area (Å²) in [7, 11) is 0. The highest BCUT2D eigenvalue weighted by atomic mass is 16.5. The molecule has 0 bridgehead atoms. The van der Waals surface area contributed by atoms with Gasteiger partial charge in [0.05, 0.1) is 0 Å². The Labute approximate surface area is 221 Å². The van der Waals surface area contributed by atoms with E-state index in [-0.39, 0.29) is 16.7 Å². The molecule has 0 amide bonds. The molecule has 4 nitrogen and oxygen atoms in total. The molecule has 0 N–H and O–H groups in total. The number of aromatic nitrogens is 2. The van der Waals surface area contributed by atoms with Crippen LogP contribution in [0.5, 0.6) is 5.75 Å². The minimum atomic E-state index is 0.203. The van der Waals surface area contributed by atoms with E-state index in [1.807, 2.05) is 6.07 Å². The summed E-state index contributed by atoms with van der Waals surface area (Å²) in [6, 6.07) is 19.5. The number of fused-ring (bicyclic) bond motifs is 2. The third kappa shape index (κ3) is 5.30. The van der Waals surface area contributed by atoms with Gasteiger partial charge in [-0.3, -0.25) is 0 Å². The van der Waals surface area contributed by atoms with Gasteiger partial charge in [-0.1, -0.05) is 95.9 Å². The van der Waals surface area contributed by atoms with E-state index >= 15 is 0 Å². The Balaban J connectivity index is 1.30. The zero-order chi connectivity index (χ0) is 26.2. The molecule has 0 unspecified atom stereocenters. The number of hydrogen-bond acceptors (Lipinski definition) is 4. The van der Waals surface area contributed by atoms with Crippen LogP contribution in [0.2, 0.25) is 0 Å². The van der Waals surface area contributed by atoms with Gasteiger partial charge >= 0.3 is 0 Å². The van der Waals surface area contributed by atoms with Crippen LogP contribution in [-0.4, -0.2) is 10.1 Å². The van der Waals surface area contributed by atoms with E-state index < -0.39 is 0 Å². The van der Waals surface area contributed by atoms with Crippen molar-refractivity contribution in [2.24, 2.45) is 0 Å². The van der Waals surface area contributed by atoms with Crippen molar-refractivity contribution in [2.45, 2.75) is 97.0 Å². The Morgan fingerprint density at radius 3 is 2.41 bits per heavy atom. The van der Waals surface area contributed by atoms with Crippen molar-refractivity contribution in [3.63, 3.8) is 0 Å². The summed E-state index contributed by atoms with van der Waals surface area (Å²) in [5, 5.41) is 6.51. The molecule has 4 aromatic rings. The molecule has 1 heterocycles. The van der Waals surface area contributed by atoms with E-state index in [1.165, 1.54) is 42.4 Å². The molecule has 5 rings (SSSR count). The van der Waals surface area contributed by atoms with Crippen LogP contribution in [0.25, 0.3) is 22.2 Å². The third-order valence-corrected chi connectivity index (χ3v) is 8.25. The number of hydrogen-bond donors (Lipinski definition) is 0. The predicted molar refractivity (Wildman–Crippen MR) is 151 cm³/mol. The normalized spacial score (nSPS) is 16.9. The van der Waals surface area contributed by atoms with E-state index in [4.69, 9.17) is 9.26 Å². The summed E-state index contributed by atoms with van der Waals surface area (Å²) in [5.74, 6) is 2.54. The Morgan fingerprint density at radius 2 is 1.62 bits per heavy atom. The van der Waals surface area contributed by atoms with E-state index in [2.05, 4.69) is 100 Å². The molecule has 0 saturated heterocycles. The molecule has 0 fully saturated rings. The average molecular weight is 497 g/mol. The van der Waals surface area contributed by atoms with Gasteiger partial charge in [-0.25, -0.2) is 0 Å². The molecule has 0 saturated carbocycles. The first-order chi connectivity index (χ1) is 17.7. The van der Waals surface area contributed by atoms with E-state index in [0.29, 0.717) is 12.4 Å². The molecule has 4 heteroatoms. The van der Waals surface area contributed by atoms with Gasteiger partial charge in [0.15, 0.2) is 0 Å². The lowest BCUT2D eigenvalue weighted by atomic mass is 9.63. The van der Waals surface area contributed by atoms with Crippen molar-refractivity contribution in [1.29, 1.82) is 0 Å². The first kappa shape index (κ1) is 25.5. The molecule has 1 aliphatic carbocycles. The van der Waals surface area contributed by atoms with Crippen LogP contribution in [0.15, 0.2) is 59.1 Å². The third-order valence-electron chi connectivity index (χ3n) is 8.25. The molecule has 194 valence electrons. The first-order valence-corrected chi connectivity index (χ1v) is 13.8. The summed E-state index contributed by atoms with van der Waals surface area (Å²) >= 11 is 0. The van der Waals surface area contributed by atoms with Crippen LogP contribution in [-0.2, 0) is 17.4 Å². The minimum absolute atomic E-state index is 0.203. The fourth-order valence-corrected chi connectivity index (χ4v) is 5.53. The Hall–Kier alpha value is -3.14. The van der Waals surface area contributed by atoms with Gasteiger partial charge < -0.3 is 9.26 Å². The average Bonchev–Trinajstić information content (AvgIpc) is 3.39. The number of nitrogens with zero attached hydrogens (tertiary/aromatic N) is 2. The van der Waals surface area contributed by atoms with Crippen LogP contribution in [0.3, 0.4) is 0 Å². The molecule has 3 aromatic carbocycles. The standard InChI is InChI=1S/C33H40N2O2/c1-7-8-9-22(2)31-34-30(35-37-31)26-12-11-25-20-27(14-13-24(25)19-26)36-21-23-10-15-28-29(18-23)33(5,6)17-16-32(28,3)4/h10-15,18-20,22H,7-9,16-17,21H2,1-6H3/t22-/m0/s1. The minimum Gasteiger partial charge on any atom is -0.489 e. The summed E-state index contributed by atoms with van der Waals surface area (Å²) in [6.07, 6.45) is 5.86. The molecule has 1 aliphatic rings. The second kappa shape index (κ2) is 9.96. The highest BCUT2D eigenvalue weighted by Crippen LogP contribution is 2.46. The van der Waals surface area contributed by atoms with Gasteiger partial charge in [0.2, 0.25) is 11.7 Å². The maximum absolute atomic E-state index is 6.25. The smallest absolute Gasteiger partial charge is 0.229 e. The summed E-state index contributed by atoms with van der Waals surface area (Å²) in [6.45, 7) is 14.4. The lowest BCUT2D eigenvalue weighted by molar-refractivity contribution is 0.303. The zero-order valence-corrected chi connectivity index (χ0v) is 23.2. The Morgan fingerprint density at radius 1 is 0.892 bits per heavy atom. The van der Waals surface area contributed by atoms with Crippen molar-refractivity contribution in [2.75, 3.05) is 0 Å². The lowest BCUT2D eigenvalue weighted by Crippen LogP contribution is -2.33. The second-order valence-corrected chi connectivity index (χ2v) is 12.2. The molecular weight excluding hydrogens is 456 g/mol. The monoisotopic (exact) mass is 496 g/mol. The SMILES string of the molecule is CCCC[C@H](C)c1nc(-c2ccc3cc(OCc4ccc5c(c4)C(C)(C)CCC5(C)C)ccc3c2)no1. The maximum atomic E-state index is 6.25. The van der Waals surface area contributed by atoms with Gasteiger partial charge in [0, 0.05) is 11.5 Å². The van der Waals surface area contributed by atoms with Crippen LogP contribution >= 0.6 is 0 Å². The summed E-state index contributed by atoms with van der Waals surface area (Å²) in [4.78, 5) is 4.67. The van der Waals surface area contributed by atoms with E-state index in [1.54, 1.807) is 0 Å². The van der Waals surface area contributed by atoms with Crippen LogP contribution in [0.4, 0.5) is 0 Å². The van der Waals surface area contributed by atoms with Gasteiger partial charge in [0.25, 0.3) is 0 Å². The summed E-state index contributed by atoms with van der Waals surface area (Å²) < 4.78 is 11.8. The van der Waals surface area contributed by atoms with E-state index in [9.17, 15) is 0 Å². The fourth-order valence-electron chi connectivity index (χ4n) is 5.53. The number of benzene rings is 3. The lowest BCUT2D eigenvalue weighted by Gasteiger charge is -2.42. The van der Waals surface area contributed by atoms with Crippen molar-refractivity contribution in [3.05, 3.63) is 77.2 Å². The molecule has 0 aliphatic heterocycles. The largest absolute Gasteiger partial charge is 0.489 e. The second-order valence-electron chi connectivity index (χ2n) is 12.2. The molecular formula is C33H40N2O2. The molecule has 1 aromatic heterocycles. The van der Waals surface area contributed by atoms with Crippen molar-refractivity contribution in [3.8, 4) is 17.1 Å². The van der Waals surface area contributed by atoms with Crippen LogP contribution in [0, 0.1) is 0 Å². The van der Waals surface area contributed by atoms with Gasteiger partial charge in [-0.05, 0) is 75.8 Å². The van der Waals surface area contributed by atoms with Crippen molar-refractivity contribution >= 4 is 10.8 Å². The highest BCUT2D eigenvalue weighted by Gasteiger charge is 2.36. The fraction of sp³-hybridized carbons (Fsp3) is 0.455. The Kier molecular flexibility index (Phi) is 6.87. The quantitative estimate of drug-likeness (QED) is 0.244. The number of unbranched alkanes of at least 4 members (excludes halogenated alkanes) is 1. The maximum Gasteiger partial charge on any atom is 0.229 e. The topological polar surface area (TPSA) is 48.2 Å². The van der Waals surface area contributed by atoms with E-state index in [0.717, 1.165) is 34.4 Å². The van der Waals surface area contributed by atoms with Gasteiger partial charge in [0.1, 0.15) is 12.4 Å². The molecule has 37 heavy (non-hydrogen) atoms. The first-order valence-electron chi connectivity index (χ1n) is 13.8. The van der Waals surface area contributed by atoms with Crippen LogP contribution in [0.1, 0.15) is 102 Å². The molecule has 0 spiro atoms. The summed E-state index contributed by atoms with van der Waals surface area (Å²) in [5.41, 5.74) is 5.59. The number of rotatable bonds is 8. The predicted octanol–water partition coefficient (Wildman–Crippen LogP) is 9.11. The zero-order valence-electron chi connectivity index (χ0n) is 23.2. The molecule has 0 radical (unpaired) electrons. The Bertz CT molecular complexity index is 1400. The highest BCUT2D eigenvalue weighted by molar-refractivity contribution is 5.87. The van der Waals surface area contributed by atoms with Gasteiger partial charge in [-0.15, -0.1) is 0 Å². The van der Waals surface area contributed by atoms with Crippen LogP contribution < -0.4 is 4.74 Å².